The number of aryl methyl sites for hydroxylation is 1. The molecule has 0 bridgehead atoms. The maximum atomic E-state index is 13.1. The van der Waals surface area contributed by atoms with Crippen molar-refractivity contribution in [3.63, 3.8) is 0 Å². The second-order valence-electron chi connectivity index (χ2n) is 9.07. The lowest BCUT2D eigenvalue weighted by Crippen LogP contribution is -2.71. The van der Waals surface area contributed by atoms with Crippen LogP contribution in [-0.2, 0) is 49.0 Å². The highest BCUT2D eigenvalue weighted by molar-refractivity contribution is 8.00. The van der Waals surface area contributed by atoms with Crippen LogP contribution >= 0.6 is 23.1 Å². The summed E-state index contributed by atoms with van der Waals surface area (Å²) in [4.78, 5) is 48.4. The summed E-state index contributed by atoms with van der Waals surface area (Å²) in [5.41, 5.74) is 8.96. The highest BCUT2D eigenvalue weighted by Crippen LogP contribution is 2.40. The van der Waals surface area contributed by atoms with Gasteiger partial charge in [-0.25, -0.2) is 9.78 Å². The minimum Gasteiger partial charge on any atom is -0.477 e. The number of thioether (sulfide) groups is 1. The van der Waals surface area contributed by atoms with E-state index in [-0.39, 0.29) is 22.2 Å². The van der Waals surface area contributed by atoms with Gasteiger partial charge in [0.2, 0.25) is 0 Å². The average Bonchev–Trinajstić information content (AvgIpc) is 3.34. The van der Waals surface area contributed by atoms with E-state index in [0.29, 0.717) is 17.9 Å². The zero-order chi connectivity index (χ0) is 29.9. The predicted octanol–water partition coefficient (Wildman–Crippen LogP) is 0.0281. The number of fused-ring (bicyclic) bond motifs is 2. The number of carbonyl (C=O) groups excluding carboxylic acids is 2. The predicted molar refractivity (Wildman–Crippen MR) is 147 cm³/mol. The van der Waals surface area contributed by atoms with E-state index in [1.807, 2.05) is 12.3 Å². The summed E-state index contributed by atoms with van der Waals surface area (Å²) in [6, 6.07) is 3.21. The molecule has 5 rings (SSSR count). The highest BCUT2D eigenvalue weighted by Gasteiger charge is 2.55. The van der Waals surface area contributed by atoms with Crippen molar-refractivity contribution < 1.29 is 46.4 Å². The zero-order valence-electron chi connectivity index (χ0n) is 21.6. The molecule has 0 radical (unpaired) electrons. The molecule has 2 aromatic rings. The lowest BCUT2D eigenvalue weighted by Gasteiger charge is -2.49. The third-order valence-electron chi connectivity index (χ3n) is 6.45. The Balaban J connectivity index is 0.000000714. The van der Waals surface area contributed by atoms with Gasteiger partial charge in [-0.1, -0.05) is 5.16 Å². The molecule has 0 aromatic carbocycles. The van der Waals surface area contributed by atoms with E-state index >= 15 is 0 Å². The van der Waals surface area contributed by atoms with Crippen molar-refractivity contribution in [2.45, 2.75) is 43.6 Å². The lowest BCUT2D eigenvalue weighted by molar-refractivity contribution is -0.697. The fraction of sp³-hybridized carbons (Fsp3) is 0.391. The third kappa shape index (κ3) is 7.02. The van der Waals surface area contributed by atoms with Gasteiger partial charge >= 0.3 is 16.4 Å². The van der Waals surface area contributed by atoms with Crippen LogP contribution in [0.1, 0.15) is 29.8 Å². The standard InChI is InChI=1S/C23H24N6O5S2.H2O4S/c1-34-27-16(14-11-36-23(24)25-14)19(30)26-17-20(31)29-18(22(32)33)13(10-35-21(17)29)9-28-8-4-6-12-5-2-3-7-15(12)28;1-5(2,3)4/h4,6,8,11,17,21H,2-3,5,7,9-10H2,1H3,(H3-,24,25,26,30,32,33);(H2,1,2,3,4)/p+1/b27-16-;/t17-,21-;/m1./s1. The Morgan fingerprint density at radius 2 is 2.02 bits per heavy atom. The van der Waals surface area contributed by atoms with E-state index < -0.39 is 39.6 Å². The van der Waals surface area contributed by atoms with E-state index in [2.05, 4.69) is 26.1 Å². The Bertz CT molecular complexity index is 1530. The summed E-state index contributed by atoms with van der Waals surface area (Å²) in [6.07, 6.45) is 6.20. The van der Waals surface area contributed by atoms with Gasteiger partial charge < -0.3 is 21.0 Å². The summed E-state index contributed by atoms with van der Waals surface area (Å²) in [7, 11) is -3.37. The normalized spacial score (nSPS) is 20.2. The van der Waals surface area contributed by atoms with Crippen LogP contribution in [0.3, 0.4) is 0 Å². The fourth-order valence-corrected chi connectivity index (χ4v) is 6.72. The molecule has 220 valence electrons. The number of nitrogens with two attached hydrogens (primary N) is 1. The molecular formula is C23H27N6O9S3+. The number of nitrogens with zero attached hydrogens (tertiary/aromatic N) is 4. The van der Waals surface area contributed by atoms with Gasteiger partial charge in [0.15, 0.2) is 29.3 Å². The molecule has 41 heavy (non-hydrogen) atoms. The second-order valence-corrected chi connectivity index (χ2v) is 12.0. The van der Waals surface area contributed by atoms with Gasteiger partial charge in [0, 0.05) is 34.8 Å². The van der Waals surface area contributed by atoms with Crippen molar-refractivity contribution in [1.82, 2.24) is 15.2 Å². The fourth-order valence-electron chi connectivity index (χ4n) is 4.83. The molecule has 1 fully saturated rings. The smallest absolute Gasteiger partial charge is 0.394 e. The van der Waals surface area contributed by atoms with Gasteiger partial charge in [0.25, 0.3) is 11.8 Å². The van der Waals surface area contributed by atoms with Crippen LogP contribution in [0.15, 0.2) is 40.1 Å². The summed E-state index contributed by atoms with van der Waals surface area (Å²) in [6.45, 7) is 0.404. The van der Waals surface area contributed by atoms with Crippen molar-refractivity contribution in [2.24, 2.45) is 5.16 Å². The minimum atomic E-state index is -4.67. The second kappa shape index (κ2) is 12.5. The first-order valence-electron chi connectivity index (χ1n) is 12.1. The van der Waals surface area contributed by atoms with Gasteiger partial charge in [-0.3, -0.25) is 23.6 Å². The van der Waals surface area contributed by atoms with Crippen molar-refractivity contribution in [3.05, 3.63) is 51.9 Å². The van der Waals surface area contributed by atoms with Crippen molar-refractivity contribution >= 4 is 62.1 Å². The van der Waals surface area contributed by atoms with E-state index in [1.54, 1.807) is 5.38 Å². The number of nitrogens with one attached hydrogen (secondary N) is 1. The molecule has 18 heteroatoms. The number of β-lactam (4-membered cyclic amide) rings is 1. The Kier molecular flexibility index (Phi) is 9.27. The molecule has 4 heterocycles. The number of carbonyl (C=O) groups is 3. The number of hydrogen-bond acceptors (Lipinski definition) is 11. The number of thiazole rings is 1. The maximum absolute atomic E-state index is 13.1. The minimum absolute atomic E-state index is 0.00628. The Labute approximate surface area is 242 Å². The Hall–Kier alpha value is -3.58. The monoisotopic (exact) mass is 627 g/mol. The SMILES string of the molecule is CO/N=C(\C(=O)N[C@@H]1C(=O)N2C(C(=O)O)=C(C[n+]3cccc4c3CCCC4)CS[C@H]12)c1csc(N)n1.O=S(=O)(O)O. The number of carboxylic acid groups (broad SMARTS) is 1. The maximum Gasteiger partial charge on any atom is 0.394 e. The van der Waals surface area contributed by atoms with Crippen molar-refractivity contribution in [3.8, 4) is 0 Å². The summed E-state index contributed by atoms with van der Waals surface area (Å²) in [5, 5.41) is 17.7. The molecule has 2 aliphatic heterocycles. The first-order chi connectivity index (χ1) is 19.4. The van der Waals surface area contributed by atoms with Gasteiger partial charge in [0.1, 0.15) is 29.9 Å². The highest BCUT2D eigenvalue weighted by atomic mass is 32.3. The molecule has 3 aliphatic rings. The largest absolute Gasteiger partial charge is 0.477 e. The lowest BCUT2D eigenvalue weighted by atomic mass is 9.95. The van der Waals surface area contributed by atoms with E-state index in [9.17, 15) is 19.5 Å². The number of pyridine rings is 1. The van der Waals surface area contributed by atoms with Crippen LogP contribution in [0.25, 0.3) is 0 Å². The molecule has 2 amide bonds. The van der Waals surface area contributed by atoms with Crippen LogP contribution < -0.4 is 15.6 Å². The van der Waals surface area contributed by atoms with Gasteiger partial charge in [-0.2, -0.15) is 13.0 Å². The molecule has 15 nitrogen and oxygen atoms in total. The van der Waals surface area contributed by atoms with Gasteiger partial charge in [0.05, 0.1) is 0 Å². The molecule has 6 N–H and O–H groups in total. The first-order valence-corrected chi connectivity index (χ1v) is 15.4. The molecule has 2 aromatic heterocycles. The van der Waals surface area contributed by atoms with Crippen LogP contribution in [0, 0.1) is 0 Å². The number of carboxylic acids is 1. The number of amides is 2. The molecule has 0 saturated carbocycles. The van der Waals surface area contributed by atoms with E-state index in [0.717, 1.165) is 37.0 Å². The zero-order valence-corrected chi connectivity index (χ0v) is 24.0. The topological polar surface area (TPSA) is 226 Å². The molecule has 2 atom stereocenters. The van der Waals surface area contributed by atoms with E-state index in [4.69, 9.17) is 28.1 Å². The number of aromatic nitrogens is 2. The van der Waals surface area contributed by atoms with Crippen LogP contribution in [0.4, 0.5) is 5.13 Å². The molecule has 0 spiro atoms. The molecule has 1 aliphatic carbocycles. The Morgan fingerprint density at radius 1 is 1.32 bits per heavy atom. The summed E-state index contributed by atoms with van der Waals surface area (Å²) < 4.78 is 33.7. The third-order valence-corrected chi connectivity index (χ3v) is 8.46. The number of hydrogen-bond donors (Lipinski definition) is 5. The number of rotatable bonds is 7. The Morgan fingerprint density at radius 3 is 2.66 bits per heavy atom. The molecule has 0 unspecified atom stereocenters. The van der Waals surface area contributed by atoms with Crippen molar-refractivity contribution in [1.29, 1.82) is 0 Å². The molecular weight excluding hydrogens is 600 g/mol. The number of anilines is 1. The van der Waals surface area contributed by atoms with Crippen LogP contribution in [0.2, 0.25) is 0 Å². The molecule has 1 saturated heterocycles. The summed E-state index contributed by atoms with van der Waals surface area (Å²) >= 11 is 2.57. The first kappa shape index (κ1) is 30.4. The van der Waals surface area contributed by atoms with Crippen LogP contribution in [-0.4, -0.2) is 80.3 Å². The average molecular weight is 628 g/mol. The number of oxime groups is 1. The van der Waals surface area contributed by atoms with Crippen molar-refractivity contribution in [2.75, 3.05) is 18.6 Å². The number of aliphatic carboxylic acids is 1. The van der Waals surface area contributed by atoms with Gasteiger partial charge in [-0.15, -0.1) is 23.1 Å². The number of nitrogen functional groups attached to an aromatic ring is 1. The van der Waals surface area contributed by atoms with Crippen LogP contribution in [0.5, 0.6) is 0 Å². The summed E-state index contributed by atoms with van der Waals surface area (Å²) in [5.74, 6) is -1.86. The van der Waals surface area contributed by atoms with Gasteiger partial charge in [-0.05, 0) is 25.3 Å². The van der Waals surface area contributed by atoms with E-state index in [1.165, 1.54) is 35.0 Å². The quantitative estimate of drug-likeness (QED) is 0.0901.